The molecule has 2 amide bonds. The molecule has 0 unspecified atom stereocenters. The highest BCUT2D eigenvalue weighted by molar-refractivity contribution is 5.94. The molecule has 0 aliphatic carbocycles. The van der Waals surface area contributed by atoms with Crippen molar-refractivity contribution in [3.8, 4) is 17.1 Å². The number of hydrogen-bond acceptors (Lipinski definition) is 5. The van der Waals surface area contributed by atoms with Crippen LogP contribution < -0.4 is 15.6 Å². The Balaban J connectivity index is 1.43. The summed E-state index contributed by atoms with van der Waals surface area (Å²) in [6.07, 6.45) is 0.0995. The Morgan fingerprint density at radius 2 is 1.85 bits per heavy atom. The molecule has 3 rings (SSSR count). The molecule has 1 heterocycles. The van der Waals surface area contributed by atoms with Crippen LogP contribution in [0.5, 0.6) is 5.75 Å². The van der Waals surface area contributed by atoms with Gasteiger partial charge < -0.3 is 9.26 Å². The van der Waals surface area contributed by atoms with Gasteiger partial charge in [-0.25, -0.2) is 0 Å². The van der Waals surface area contributed by atoms with Gasteiger partial charge in [0.05, 0.1) is 13.0 Å². The van der Waals surface area contributed by atoms with Crippen LogP contribution in [-0.2, 0) is 4.79 Å². The minimum absolute atomic E-state index is 0.0742. The molecule has 0 atom stereocenters. The predicted molar refractivity (Wildman–Crippen MR) is 98.8 cm³/mol. The molecule has 0 saturated heterocycles. The van der Waals surface area contributed by atoms with Crippen molar-refractivity contribution in [2.24, 2.45) is 0 Å². The minimum atomic E-state index is -0.561. The van der Waals surface area contributed by atoms with E-state index in [-0.39, 0.29) is 24.6 Å². The Bertz CT molecular complexity index is 922. The van der Waals surface area contributed by atoms with Gasteiger partial charge in [0.15, 0.2) is 11.5 Å². The summed E-state index contributed by atoms with van der Waals surface area (Å²) < 4.78 is 10.7. The van der Waals surface area contributed by atoms with Crippen LogP contribution >= 0.6 is 0 Å². The summed E-state index contributed by atoms with van der Waals surface area (Å²) >= 11 is 0. The zero-order valence-electron chi connectivity index (χ0n) is 14.8. The second kappa shape index (κ2) is 8.66. The molecule has 0 aliphatic heterocycles. The summed E-state index contributed by atoms with van der Waals surface area (Å²) in [5.74, 6) is 0.234. The molecular formula is C20H19N3O4. The molecule has 3 aromatic rings. The van der Waals surface area contributed by atoms with Crippen molar-refractivity contribution in [2.75, 3.05) is 6.61 Å². The van der Waals surface area contributed by atoms with E-state index in [4.69, 9.17) is 9.26 Å². The number of aryl methyl sites for hydroxylation is 1. The average Bonchev–Trinajstić information content (AvgIpc) is 3.17. The Morgan fingerprint density at radius 1 is 1.04 bits per heavy atom. The molecule has 0 bridgehead atoms. The number of nitrogens with one attached hydrogen (secondary N) is 2. The van der Waals surface area contributed by atoms with Crippen molar-refractivity contribution < 1.29 is 18.8 Å². The van der Waals surface area contributed by atoms with Crippen LogP contribution in [0.1, 0.15) is 22.5 Å². The number of nitrogens with zero attached hydrogens (tertiary/aromatic N) is 1. The first-order valence-electron chi connectivity index (χ1n) is 8.42. The van der Waals surface area contributed by atoms with Crippen molar-refractivity contribution >= 4 is 11.8 Å². The summed E-state index contributed by atoms with van der Waals surface area (Å²) in [6.45, 7) is 2.16. The Kier molecular flexibility index (Phi) is 5.84. The second-order valence-electron chi connectivity index (χ2n) is 5.86. The third-order valence-electron chi connectivity index (χ3n) is 3.70. The third kappa shape index (κ3) is 5.18. The maximum atomic E-state index is 12.0. The number of carbonyl (C=O) groups excluding carboxylic acids is 2. The standard InChI is InChI=1S/C20H19N3O4/c1-14-6-5-9-16(12-14)26-11-10-19(24)21-22-20(25)17-13-18(27-23-17)15-7-3-2-4-8-15/h2-9,12-13H,10-11H2,1H3,(H,21,24)(H,22,25). The number of hydrazine groups is 1. The van der Waals surface area contributed by atoms with E-state index >= 15 is 0 Å². The summed E-state index contributed by atoms with van der Waals surface area (Å²) in [7, 11) is 0. The van der Waals surface area contributed by atoms with E-state index < -0.39 is 5.91 Å². The molecule has 7 heteroatoms. The molecule has 0 saturated carbocycles. The number of ether oxygens (including phenoxy) is 1. The lowest BCUT2D eigenvalue weighted by atomic mass is 10.1. The van der Waals surface area contributed by atoms with Gasteiger partial charge >= 0.3 is 0 Å². The SMILES string of the molecule is Cc1cccc(OCCC(=O)NNC(=O)c2cc(-c3ccccc3)on2)c1. The van der Waals surface area contributed by atoms with Gasteiger partial charge in [-0.05, 0) is 24.6 Å². The Hall–Kier alpha value is -3.61. The number of amides is 2. The zero-order chi connectivity index (χ0) is 19.1. The lowest BCUT2D eigenvalue weighted by Gasteiger charge is -2.08. The quantitative estimate of drug-likeness (QED) is 0.655. The van der Waals surface area contributed by atoms with E-state index in [1.54, 1.807) is 0 Å². The van der Waals surface area contributed by atoms with E-state index in [2.05, 4.69) is 16.0 Å². The first-order valence-corrected chi connectivity index (χ1v) is 8.42. The molecule has 2 aromatic carbocycles. The monoisotopic (exact) mass is 365 g/mol. The van der Waals surface area contributed by atoms with Gasteiger partial charge in [0, 0.05) is 11.6 Å². The van der Waals surface area contributed by atoms with Crippen molar-refractivity contribution in [2.45, 2.75) is 13.3 Å². The molecular weight excluding hydrogens is 346 g/mol. The highest BCUT2D eigenvalue weighted by Gasteiger charge is 2.14. The van der Waals surface area contributed by atoms with Crippen LogP contribution in [0.4, 0.5) is 0 Å². The van der Waals surface area contributed by atoms with Gasteiger partial charge in [-0.3, -0.25) is 20.4 Å². The molecule has 0 aliphatic rings. The first kappa shape index (κ1) is 18.2. The maximum Gasteiger partial charge on any atom is 0.291 e. The van der Waals surface area contributed by atoms with Crippen LogP contribution in [0, 0.1) is 6.92 Å². The van der Waals surface area contributed by atoms with Gasteiger partial charge in [0.1, 0.15) is 5.75 Å². The van der Waals surface area contributed by atoms with Crippen molar-refractivity contribution in [3.05, 3.63) is 71.9 Å². The smallest absolute Gasteiger partial charge is 0.291 e. The van der Waals surface area contributed by atoms with E-state index in [9.17, 15) is 9.59 Å². The maximum absolute atomic E-state index is 12.0. The largest absolute Gasteiger partial charge is 0.493 e. The number of benzene rings is 2. The molecule has 138 valence electrons. The summed E-state index contributed by atoms with van der Waals surface area (Å²) in [6, 6.07) is 18.3. The van der Waals surface area contributed by atoms with E-state index in [1.165, 1.54) is 6.07 Å². The minimum Gasteiger partial charge on any atom is -0.493 e. The van der Waals surface area contributed by atoms with Gasteiger partial charge in [-0.1, -0.05) is 47.6 Å². The summed E-state index contributed by atoms with van der Waals surface area (Å²) in [4.78, 5) is 23.9. The number of rotatable bonds is 6. The molecule has 27 heavy (non-hydrogen) atoms. The lowest BCUT2D eigenvalue weighted by Crippen LogP contribution is -2.42. The highest BCUT2D eigenvalue weighted by Crippen LogP contribution is 2.19. The fourth-order valence-electron chi connectivity index (χ4n) is 2.34. The van der Waals surface area contributed by atoms with Gasteiger partial charge in [-0.2, -0.15) is 0 Å². The van der Waals surface area contributed by atoms with Gasteiger partial charge in [0.2, 0.25) is 5.91 Å². The van der Waals surface area contributed by atoms with E-state index in [1.807, 2.05) is 61.5 Å². The lowest BCUT2D eigenvalue weighted by molar-refractivity contribution is -0.122. The molecule has 0 fully saturated rings. The molecule has 2 N–H and O–H groups in total. The summed E-state index contributed by atoms with van der Waals surface area (Å²) in [5.41, 5.74) is 6.59. The predicted octanol–water partition coefficient (Wildman–Crippen LogP) is 2.88. The van der Waals surface area contributed by atoms with E-state index in [0.717, 1.165) is 11.1 Å². The van der Waals surface area contributed by atoms with Crippen LogP contribution in [0.2, 0.25) is 0 Å². The summed E-state index contributed by atoms with van der Waals surface area (Å²) in [5, 5.41) is 3.72. The number of hydrogen-bond donors (Lipinski definition) is 2. The first-order chi connectivity index (χ1) is 13.1. The fourth-order valence-corrected chi connectivity index (χ4v) is 2.34. The fraction of sp³-hybridized carbons (Fsp3) is 0.150. The Labute approximate surface area is 156 Å². The number of aromatic nitrogens is 1. The van der Waals surface area contributed by atoms with Gasteiger partial charge in [0.25, 0.3) is 5.91 Å². The second-order valence-corrected chi connectivity index (χ2v) is 5.86. The number of carbonyl (C=O) groups is 2. The normalized spacial score (nSPS) is 10.3. The average molecular weight is 365 g/mol. The molecule has 1 aromatic heterocycles. The molecule has 0 radical (unpaired) electrons. The van der Waals surface area contributed by atoms with Crippen LogP contribution in [0.3, 0.4) is 0 Å². The van der Waals surface area contributed by atoms with Crippen molar-refractivity contribution in [3.63, 3.8) is 0 Å². The highest BCUT2D eigenvalue weighted by atomic mass is 16.5. The van der Waals surface area contributed by atoms with Gasteiger partial charge in [-0.15, -0.1) is 0 Å². The van der Waals surface area contributed by atoms with Crippen molar-refractivity contribution in [1.82, 2.24) is 16.0 Å². The van der Waals surface area contributed by atoms with Crippen molar-refractivity contribution in [1.29, 1.82) is 0 Å². The van der Waals surface area contributed by atoms with E-state index in [0.29, 0.717) is 11.5 Å². The Morgan fingerprint density at radius 3 is 2.63 bits per heavy atom. The molecule has 0 spiro atoms. The van der Waals surface area contributed by atoms with Crippen LogP contribution in [0.25, 0.3) is 11.3 Å². The third-order valence-corrected chi connectivity index (χ3v) is 3.70. The van der Waals surface area contributed by atoms with Crippen LogP contribution in [0.15, 0.2) is 65.2 Å². The zero-order valence-corrected chi connectivity index (χ0v) is 14.8. The van der Waals surface area contributed by atoms with Crippen LogP contribution in [-0.4, -0.2) is 23.6 Å². The topological polar surface area (TPSA) is 93.5 Å². The molecule has 7 nitrogen and oxygen atoms in total.